The molecule has 1 heterocycles. The van der Waals surface area contributed by atoms with Crippen molar-refractivity contribution in [3.63, 3.8) is 0 Å². The zero-order chi connectivity index (χ0) is 14.4. The molecular weight excluding hydrogens is 234 g/mol. The Labute approximate surface area is 118 Å². The largest absolute Gasteiger partial charge is 0.375 e. The van der Waals surface area contributed by atoms with Crippen LogP contribution in [0.25, 0.3) is 0 Å². The molecule has 0 fully saturated rings. The summed E-state index contributed by atoms with van der Waals surface area (Å²) < 4.78 is 0. The standard InChI is InChI=1S/C16H29N3/c1-7-18(6)16-9-10-17-12-15(16)11-14(5)19(8-2)13(3)4/h9-10,12-14H,7-8,11H2,1-6H3. The normalized spacial score (nSPS) is 13.1. The average molecular weight is 263 g/mol. The van der Waals surface area contributed by atoms with Gasteiger partial charge in [0.2, 0.25) is 0 Å². The lowest BCUT2D eigenvalue weighted by Gasteiger charge is -2.32. The molecule has 0 bridgehead atoms. The van der Waals surface area contributed by atoms with Gasteiger partial charge in [0.05, 0.1) is 0 Å². The van der Waals surface area contributed by atoms with Crippen molar-refractivity contribution in [1.29, 1.82) is 0 Å². The Kier molecular flexibility index (Phi) is 6.29. The van der Waals surface area contributed by atoms with Gasteiger partial charge in [-0.2, -0.15) is 0 Å². The molecule has 0 saturated carbocycles. The molecule has 0 N–H and O–H groups in total. The lowest BCUT2D eigenvalue weighted by molar-refractivity contribution is 0.172. The predicted molar refractivity (Wildman–Crippen MR) is 83.9 cm³/mol. The average Bonchev–Trinajstić information content (AvgIpc) is 2.38. The van der Waals surface area contributed by atoms with Gasteiger partial charge in [-0.3, -0.25) is 9.88 Å². The number of nitrogens with zero attached hydrogens (tertiary/aromatic N) is 3. The molecule has 0 saturated heterocycles. The summed E-state index contributed by atoms with van der Waals surface area (Å²) in [6.45, 7) is 13.4. The van der Waals surface area contributed by atoms with Crippen LogP contribution in [0.2, 0.25) is 0 Å². The third kappa shape index (κ3) is 4.20. The number of rotatable bonds is 7. The number of pyridine rings is 1. The molecule has 3 nitrogen and oxygen atoms in total. The number of aromatic nitrogens is 1. The first-order valence-electron chi connectivity index (χ1n) is 7.40. The van der Waals surface area contributed by atoms with Crippen molar-refractivity contribution >= 4 is 5.69 Å². The maximum atomic E-state index is 4.30. The first-order valence-corrected chi connectivity index (χ1v) is 7.40. The Bertz CT molecular complexity index is 376. The number of hydrogen-bond acceptors (Lipinski definition) is 3. The Morgan fingerprint density at radius 3 is 2.37 bits per heavy atom. The summed E-state index contributed by atoms with van der Waals surface area (Å²) in [5, 5.41) is 0. The second kappa shape index (κ2) is 7.49. The second-order valence-corrected chi connectivity index (χ2v) is 5.50. The van der Waals surface area contributed by atoms with Gasteiger partial charge in [0.25, 0.3) is 0 Å². The van der Waals surface area contributed by atoms with Gasteiger partial charge >= 0.3 is 0 Å². The van der Waals surface area contributed by atoms with E-state index in [0.29, 0.717) is 12.1 Å². The summed E-state index contributed by atoms with van der Waals surface area (Å²) in [6, 6.07) is 3.25. The van der Waals surface area contributed by atoms with E-state index in [0.717, 1.165) is 19.5 Å². The second-order valence-electron chi connectivity index (χ2n) is 5.50. The lowest BCUT2D eigenvalue weighted by atomic mass is 10.0. The van der Waals surface area contributed by atoms with Crippen molar-refractivity contribution in [2.24, 2.45) is 0 Å². The molecule has 3 heteroatoms. The van der Waals surface area contributed by atoms with Crippen molar-refractivity contribution < 1.29 is 0 Å². The maximum Gasteiger partial charge on any atom is 0.0427 e. The minimum absolute atomic E-state index is 0.540. The van der Waals surface area contributed by atoms with E-state index >= 15 is 0 Å². The summed E-state index contributed by atoms with van der Waals surface area (Å²) in [5.74, 6) is 0. The Morgan fingerprint density at radius 2 is 1.84 bits per heavy atom. The molecule has 1 unspecified atom stereocenters. The summed E-state index contributed by atoms with van der Waals surface area (Å²) in [7, 11) is 2.14. The van der Waals surface area contributed by atoms with Crippen LogP contribution in [0, 0.1) is 0 Å². The molecule has 0 spiro atoms. The van der Waals surface area contributed by atoms with Crippen LogP contribution in [0.1, 0.15) is 40.2 Å². The van der Waals surface area contributed by atoms with Crippen LogP contribution in [-0.2, 0) is 6.42 Å². The van der Waals surface area contributed by atoms with Crippen LogP contribution < -0.4 is 4.90 Å². The highest BCUT2D eigenvalue weighted by Gasteiger charge is 2.17. The summed E-state index contributed by atoms with van der Waals surface area (Å²) >= 11 is 0. The van der Waals surface area contributed by atoms with Crippen LogP contribution in [-0.4, -0.2) is 42.1 Å². The van der Waals surface area contributed by atoms with Crippen LogP contribution in [0.3, 0.4) is 0 Å². The van der Waals surface area contributed by atoms with Gasteiger partial charge in [0.1, 0.15) is 0 Å². The fraction of sp³-hybridized carbons (Fsp3) is 0.688. The zero-order valence-corrected chi connectivity index (χ0v) is 13.3. The quantitative estimate of drug-likeness (QED) is 0.753. The van der Waals surface area contributed by atoms with Crippen LogP contribution in [0.5, 0.6) is 0 Å². The van der Waals surface area contributed by atoms with E-state index in [2.05, 4.69) is 62.5 Å². The monoisotopic (exact) mass is 263 g/mol. The third-order valence-electron chi connectivity index (χ3n) is 3.87. The van der Waals surface area contributed by atoms with Gasteiger partial charge in [-0.05, 0) is 52.3 Å². The highest BCUT2D eigenvalue weighted by Crippen LogP contribution is 2.21. The van der Waals surface area contributed by atoms with Crippen LogP contribution in [0.4, 0.5) is 5.69 Å². The predicted octanol–water partition coefficient (Wildman–Crippen LogP) is 3.20. The van der Waals surface area contributed by atoms with E-state index < -0.39 is 0 Å². The number of anilines is 1. The molecule has 0 radical (unpaired) electrons. The molecule has 1 atom stereocenters. The van der Waals surface area contributed by atoms with Crippen molar-refractivity contribution in [2.45, 2.75) is 53.1 Å². The van der Waals surface area contributed by atoms with E-state index in [1.807, 2.05) is 12.4 Å². The lowest BCUT2D eigenvalue weighted by Crippen LogP contribution is -2.40. The SMILES string of the molecule is CCN(C)c1ccncc1CC(C)N(CC)C(C)C. The minimum atomic E-state index is 0.540. The van der Waals surface area contributed by atoms with Crippen LogP contribution >= 0.6 is 0 Å². The zero-order valence-electron chi connectivity index (χ0n) is 13.3. The van der Waals surface area contributed by atoms with Gasteiger partial charge < -0.3 is 4.90 Å². The molecule has 0 aromatic carbocycles. The highest BCUT2D eigenvalue weighted by molar-refractivity contribution is 5.51. The molecule has 108 valence electrons. The molecule has 1 aromatic heterocycles. The molecule has 1 aromatic rings. The van der Waals surface area contributed by atoms with Gasteiger partial charge in [-0.25, -0.2) is 0 Å². The van der Waals surface area contributed by atoms with Crippen molar-refractivity contribution in [3.8, 4) is 0 Å². The van der Waals surface area contributed by atoms with E-state index in [1.54, 1.807) is 0 Å². The summed E-state index contributed by atoms with van der Waals surface area (Å²) in [6.07, 6.45) is 4.96. The first kappa shape index (κ1) is 16.0. The third-order valence-corrected chi connectivity index (χ3v) is 3.87. The van der Waals surface area contributed by atoms with Crippen molar-refractivity contribution in [1.82, 2.24) is 9.88 Å². The minimum Gasteiger partial charge on any atom is -0.375 e. The Balaban J connectivity index is 2.87. The Hall–Kier alpha value is -1.09. The molecule has 0 aliphatic rings. The number of hydrogen-bond donors (Lipinski definition) is 0. The van der Waals surface area contributed by atoms with E-state index in [4.69, 9.17) is 0 Å². The van der Waals surface area contributed by atoms with Gasteiger partial charge in [-0.1, -0.05) is 6.92 Å². The molecule has 0 aliphatic heterocycles. The fourth-order valence-corrected chi connectivity index (χ4v) is 2.74. The smallest absolute Gasteiger partial charge is 0.0427 e. The van der Waals surface area contributed by atoms with Gasteiger partial charge in [0.15, 0.2) is 0 Å². The topological polar surface area (TPSA) is 19.4 Å². The molecule has 1 rings (SSSR count). The number of likely N-dealkylation sites (N-methyl/N-ethyl adjacent to an activating group) is 1. The van der Waals surface area contributed by atoms with Gasteiger partial charge in [0, 0.05) is 43.8 Å². The van der Waals surface area contributed by atoms with Crippen molar-refractivity contribution in [3.05, 3.63) is 24.0 Å². The Morgan fingerprint density at radius 1 is 1.16 bits per heavy atom. The summed E-state index contributed by atoms with van der Waals surface area (Å²) in [5.41, 5.74) is 2.66. The van der Waals surface area contributed by atoms with E-state index in [9.17, 15) is 0 Å². The molecule has 0 amide bonds. The fourth-order valence-electron chi connectivity index (χ4n) is 2.74. The van der Waals surface area contributed by atoms with E-state index in [1.165, 1.54) is 11.3 Å². The highest BCUT2D eigenvalue weighted by atomic mass is 15.2. The van der Waals surface area contributed by atoms with Gasteiger partial charge in [-0.15, -0.1) is 0 Å². The first-order chi connectivity index (χ1) is 9.01. The molecule has 0 aliphatic carbocycles. The maximum absolute atomic E-state index is 4.30. The molecule has 19 heavy (non-hydrogen) atoms. The van der Waals surface area contributed by atoms with Crippen LogP contribution in [0.15, 0.2) is 18.5 Å². The van der Waals surface area contributed by atoms with Crippen molar-refractivity contribution in [2.75, 3.05) is 25.0 Å². The molecular formula is C16H29N3. The summed E-state index contributed by atoms with van der Waals surface area (Å²) in [4.78, 5) is 9.12. The van der Waals surface area contributed by atoms with E-state index in [-0.39, 0.29) is 0 Å².